The number of carbonyl (C=O) groups excluding carboxylic acids is 2. The van der Waals surface area contributed by atoms with Gasteiger partial charge >= 0.3 is 5.97 Å². The molecule has 1 aliphatic carbocycles. The number of thiophene rings is 1. The smallest absolute Gasteiger partial charge is 0.348 e. The van der Waals surface area contributed by atoms with E-state index < -0.39 is 11.9 Å². The molecule has 1 aliphatic rings. The Kier molecular flexibility index (Phi) is 4.40. The van der Waals surface area contributed by atoms with Crippen LogP contribution in [0.25, 0.3) is 0 Å². The van der Waals surface area contributed by atoms with Crippen molar-refractivity contribution in [2.45, 2.75) is 19.3 Å². The Hall–Kier alpha value is -1.92. The SMILES string of the molecule is O=C(COC(=O)c1cc2c(s1)CCC2)Nc1ccc(Cl)cn1. The number of aryl methyl sites for hydroxylation is 2. The number of pyridine rings is 1. The zero-order chi connectivity index (χ0) is 15.5. The first-order valence-corrected chi connectivity index (χ1v) is 8.01. The monoisotopic (exact) mass is 336 g/mol. The molecule has 2 aromatic rings. The lowest BCUT2D eigenvalue weighted by molar-refractivity contribution is -0.119. The van der Waals surface area contributed by atoms with Gasteiger partial charge in [0.25, 0.3) is 5.91 Å². The first kappa shape index (κ1) is 15.0. The summed E-state index contributed by atoms with van der Waals surface area (Å²) < 4.78 is 5.03. The fraction of sp³-hybridized carbons (Fsp3) is 0.267. The van der Waals surface area contributed by atoms with Gasteiger partial charge in [-0.05, 0) is 43.0 Å². The van der Waals surface area contributed by atoms with Crippen LogP contribution in [0.15, 0.2) is 24.4 Å². The standard InChI is InChI=1S/C15H13ClN2O3S/c16-10-4-5-13(17-7-10)18-14(19)8-21-15(20)12-6-9-2-1-3-11(9)22-12/h4-7H,1-3,8H2,(H,17,18,19). The quantitative estimate of drug-likeness (QED) is 0.871. The second-order valence-electron chi connectivity index (χ2n) is 4.90. The van der Waals surface area contributed by atoms with Crippen LogP contribution in [-0.4, -0.2) is 23.5 Å². The second kappa shape index (κ2) is 6.46. The Morgan fingerprint density at radius 3 is 2.95 bits per heavy atom. The number of nitrogens with one attached hydrogen (secondary N) is 1. The topological polar surface area (TPSA) is 68.3 Å². The summed E-state index contributed by atoms with van der Waals surface area (Å²) in [5, 5.41) is 3.01. The van der Waals surface area contributed by atoms with Gasteiger partial charge in [0.05, 0.1) is 5.02 Å². The molecule has 114 valence electrons. The fourth-order valence-corrected chi connectivity index (χ4v) is 3.52. The van der Waals surface area contributed by atoms with Gasteiger partial charge in [0, 0.05) is 11.1 Å². The molecule has 0 fully saturated rings. The van der Waals surface area contributed by atoms with Crippen molar-refractivity contribution < 1.29 is 14.3 Å². The van der Waals surface area contributed by atoms with E-state index in [2.05, 4.69) is 10.3 Å². The van der Waals surface area contributed by atoms with Gasteiger partial charge in [-0.25, -0.2) is 9.78 Å². The van der Waals surface area contributed by atoms with Crippen LogP contribution in [0, 0.1) is 0 Å². The molecule has 1 N–H and O–H groups in total. The first-order valence-electron chi connectivity index (χ1n) is 6.82. The lowest BCUT2D eigenvalue weighted by Gasteiger charge is -2.05. The highest BCUT2D eigenvalue weighted by Crippen LogP contribution is 2.30. The molecule has 3 rings (SSSR count). The third-order valence-corrected chi connectivity index (χ3v) is 4.72. The number of ether oxygens (including phenoxy) is 1. The molecule has 1 amide bonds. The summed E-state index contributed by atoms with van der Waals surface area (Å²) in [4.78, 5) is 29.4. The number of carbonyl (C=O) groups is 2. The molecule has 0 saturated carbocycles. The van der Waals surface area contributed by atoms with Crippen LogP contribution >= 0.6 is 22.9 Å². The van der Waals surface area contributed by atoms with Crippen molar-refractivity contribution in [2.75, 3.05) is 11.9 Å². The third kappa shape index (κ3) is 3.45. The molecule has 5 nitrogen and oxygen atoms in total. The Labute approximate surface area is 136 Å². The van der Waals surface area contributed by atoms with E-state index in [1.807, 2.05) is 6.07 Å². The number of hydrogen-bond donors (Lipinski definition) is 1. The second-order valence-corrected chi connectivity index (χ2v) is 6.47. The van der Waals surface area contributed by atoms with Gasteiger partial charge in [-0.2, -0.15) is 0 Å². The number of halogens is 1. The molecule has 0 aromatic carbocycles. The highest BCUT2D eigenvalue weighted by Gasteiger charge is 2.19. The minimum Gasteiger partial charge on any atom is -0.451 e. The molecule has 2 heterocycles. The molecular weight excluding hydrogens is 324 g/mol. The van der Waals surface area contributed by atoms with Crippen molar-refractivity contribution in [1.82, 2.24) is 4.98 Å². The molecule has 0 unspecified atom stereocenters. The summed E-state index contributed by atoms with van der Waals surface area (Å²) in [6.07, 6.45) is 4.61. The van der Waals surface area contributed by atoms with Crippen molar-refractivity contribution >= 4 is 40.6 Å². The summed E-state index contributed by atoms with van der Waals surface area (Å²) >= 11 is 7.16. The van der Waals surface area contributed by atoms with E-state index in [1.165, 1.54) is 28.0 Å². The van der Waals surface area contributed by atoms with Gasteiger partial charge in [0.15, 0.2) is 6.61 Å². The fourth-order valence-electron chi connectivity index (χ4n) is 2.26. The van der Waals surface area contributed by atoms with Gasteiger partial charge in [-0.15, -0.1) is 11.3 Å². The van der Waals surface area contributed by atoms with E-state index in [9.17, 15) is 9.59 Å². The van der Waals surface area contributed by atoms with Gasteiger partial charge in [-0.1, -0.05) is 11.6 Å². The number of anilines is 1. The molecule has 2 aromatic heterocycles. The number of hydrogen-bond acceptors (Lipinski definition) is 5. The summed E-state index contributed by atoms with van der Waals surface area (Å²) in [5.41, 5.74) is 1.23. The lowest BCUT2D eigenvalue weighted by atomic mass is 10.2. The zero-order valence-electron chi connectivity index (χ0n) is 11.6. The van der Waals surface area contributed by atoms with Crippen molar-refractivity contribution in [3.63, 3.8) is 0 Å². The minimum atomic E-state index is -0.460. The van der Waals surface area contributed by atoms with E-state index in [0.29, 0.717) is 15.7 Å². The predicted molar refractivity (Wildman–Crippen MR) is 84.5 cm³/mol. The molecular formula is C15H13ClN2O3S. The maximum atomic E-state index is 11.9. The maximum Gasteiger partial charge on any atom is 0.348 e. The number of esters is 1. The lowest BCUT2D eigenvalue weighted by Crippen LogP contribution is -2.21. The maximum absolute atomic E-state index is 11.9. The molecule has 0 bridgehead atoms. The zero-order valence-corrected chi connectivity index (χ0v) is 13.2. The van der Waals surface area contributed by atoms with Crippen LogP contribution in [0.4, 0.5) is 5.82 Å². The van der Waals surface area contributed by atoms with Crippen LogP contribution < -0.4 is 5.32 Å². The number of aromatic nitrogens is 1. The van der Waals surface area contributed by atoms with Crippen molar-refractivity contribution in [3.05, 3.63) is 44.7 Å². The molecule has 0 atom stereocenters. The van der Waals surface area contributed by atoms with Crippen LogP contribution in [0.5, 0.6) is 0 Å². The largest absolute Gasteiger partial charge is 0.451 e. The van der Waals surface area contributed by atoms with E-state index in [0.717, 1.165) is 19.3 Å². The first-order chi connectivity index (χ1) is 10.6. The van der Waals surface area contributed by atoms with Crippen LogP contribution in [-0.2, 0) is 22.4 Å². The van der Waals surface area contributed by atoms with Gasteiger partial charge < -0.3 is 10.1 Å². The molecule has 0 saturated heterocycles. The summed E-state index contributed by atoms with van der Waals surface area (Å²) in [7, 11) is 0. The molecule has 7 heteroatoms. The predicted octanol–water partition coefficient (Wildman–Crippen LogP) is 3.08. The Morgan fingerprint density at radius 1 is 1.36 bits per heavy atom. The van der Waals surface area contributed by atoms with Gasteiger partial charge in [-0.3, -0.25) is 4.79 Å². The van der Waals surface area contributed by atoms with Crippen LogP contribution in [0.2, 0.25) is 5.02 Å². The molecule has 0 radical (unpaired) electrons. The average molecular weight is 337 g/mol. The Balaban J connectivity index is 1.51. The normalized spacial score (nSPS) is 12.8. The number of fused-ring (bicyclic) bond motifs is 1. The van der Waals surface area contributed by atoms with Crippen molar-refractivity contribution in [1.29, 1.82) is 0 Å². The minimum absolute atomic E-state index is 0.342. The van der Waals surface area contributed by atoms with E-state index in [-0.39, 0.29) is 6.61 Å². The number of rotatable bonds is 4. The summed E-state index contributed by atoms with van der Waals surface area (Å²) in [5.74, 6) is -0.536. The van der Waals surface area contributed by atoms with Gasteiger partial charge in [0.2, 0.25) is 0 Å². The molecule has 0 aliphatic heterocycles. The number of amides is 1. The highest BCUT2D eigenvalue weighted by atomic mass is 35.5. The Morgan fingerprint density at radius 2 is 2.23 bits per heavy atom. The number of nitrogens with zero attached hydrogens (tertiary/aromatic N) is 1. The molecule has 22 heavy (non-hydrogen) atoms. The van der Waals surface area contributed by atoms with E-state index in [1.54, 1.807) is 12.1 Å². The average Bonchev–Trinajstić information content (AvgIpc) is 3.08. The summed E-state index contributed by atoms with van der Waals surface area (Å²) in [6.45, 7) is -0.342. The molecule has 0 spiro atoms. The third-order valence-electron chi connectivity index (χ3n) is 3.28. The van der Waals surface area contributed by atoms with E-state index in [4.69, 9.17) is 16.3 Å². The van der Waals surface area contributed by atoms with E-state index >= 15 is 0 Å². The van der Waals surface area contributed by atoms with Crippen molar-refractivity contribution in [3.8, 4) is 0 Å². The van der Waals surface area contributed by atoms with Crippen molar-refractivity contribution in [2.24, 2.45) is 0 Å². The Bertz CT molecular complexity index is 691. The highest BCUT2D eigenvalue weighted by molar-refractivity contribution is 7.14. The van der Waals surface area contributed by atoms with Crippen LogP contribution in [0.3, 0.4) is 0 Å². The van der Waals surface area contributed by atoms with Crippen LogP contribution in [0.1, 0.15) is 26.5 Å². The summed E-state index contributed by atoms with van der Waals surface area (Å²) in [6, 6.07) is 5.06. The van der Waals surface area contributed by atoms with Gasteiger partial charge in [0.1, 0.15) is 10.7 Å².